The summed E-state index contributed by atoms with van der Waals surface area (Å²) in [6.07, 6.45) is 4.51. The van der Waals surface area contributed by atoms with Gasteiger partial charge in [0, 0.05) is 68.3 Å². The molecule has 2 N–H and O–H groups in total. The van der Waals surface area contributed by atoms with Gasteiger partial charge in [0.2, 0.25) is 0 Å². The Balaban J connectivity index is 1.40. The van der Waals surface area contributed by atoms with E-state index in [1.165, 1.54) is 5.69 Å². The molecule has 0 saturated carbocycles. The topological polar surface area (TPSA) is 91.2 Å². The monoisotopic (exact) mass is 406 g/mol. The molecule has 5 rings (SSSR count). The molecular formula is C21H26N8O. The number of amides is 2. The third-order valence-corrected chi connectivity index (χ3v) is 5.85. The van der Waals surface area contributed by atoms with Crippen LogP contribution in [0.15, 0.2) is 24.5 Å². The second-order valence-electron chi connectivity index (χ2n) is 8.10. The number of carbonyl (C=O) groups is 1. The fraction of sp³-hybridized carbons (Fsp3) is 0.429. The van der Waals surface area contributed by atoms with Crippen molar-refractivity contribution in [1.29, 1.82) is 0 Å². The summed E-state index contributed by atoms with van der Waals surface area (Å²) in [6.45, 7) is 7.58. The fourth-order valence-electron chi connectivity index (χ4n) is 4.39. The van der Waals surface area contributed by atoms with Crippen molar-refractivity contribution < 1.29 is 4.79 Å². The molecule has 156 valence electrons. The number of aryl methyl sites for hydroxylation is 2. The normalized spacial score (nSPS) is 18.7. The Kier molecular flexibility index (Phi) is 4.54. The van der Waals surface area contributed by atoms with Gasteiger partial charge in [-0.1, -0.05) is 0 Å². The summed E-state index contributed by atoms with van der Waals surface area (Å²) in [7, 11) is 1.86. The Labute approximate surface area is 175 Å². The highest BCUT2D eigenvalue weighted by Gasteiger charge is 2.30. The van der Waals surface area contributed by atoms with Crippen molar-refractivity contribution in [2.45, 2.75) is 26.3 Å². The van der Waals surface area contributed by atoms with Crippen molar-refractivity contribution in [2.75, 3.05) is 41.3 Å². The van der Waals surface area contributed by atoms with Crippen LogP contribution in [0.4, 0.5) is 22.0 Å². The number of nitrogens with one attached hydrogen (secondary N) is 2. The number of rotatable bonds is 2. The molecule has 5 heterocycles. The van der Waals surface area contributed by atoms with E-state index in [0.717, 1.165) is 48.5 Å². The van der Waals surface area contributed by atoms with Gasteiger partial charge < -0.3 is 15.5 Å². The van der Waals surface area contributed by atoms with Gasteiger partial charge >= 0.3 is 6.03 Å². The van der Waals surface area contributed by atoms with Crippen molar-refractivity contribution in [3.8, 4) is 0 Å². The highest BCUT2D eigenvalue weighted by atomic mass is 16.2. The van der Waals surface area contributed by atoms with E-state index in [9.17, 15) is 4.79 Å². The lowest BCUT2D eigenvalue weighted by Crippen LogP contribution is -2.49. The minimum atomic E-state index is -0.180. The van der Waals surface area contributed by atoms with Crippen LogP contribution in [-0.2, 0) is 13.5 Å². The van der Waals surface area contributed by atoms with E-state index in [-0.39, 0.29) is 6.03 Å². The zero-order chi connectivity index (χ0) is 20.8. The molecule has 2 amide bonds. The van der Waals surface area contributed by atoms with Gasteiger partial charge in [0.1, 0.15) is 5.82 Å². The highest BCUT2D eigenvalue weighted by molar-refractivity contribution is 6.04. The summed E-state index contributed by atoms with van der Waals surface area (Å²) < 4.78 is 1.72. The number of hydrogen-bond acceptors (Lipinski definition) is 6. The third kappa shape index (κ3) is 3.24. The Morgan fingerprint density at radius 2 is 2.20 bits per heavy atom. The maximum Gasteiger partial charge on any atom is 0.327 e. The number of carbonyl (C=O) groups excluding carboxylic acids is 1. The van der Waals surface area contributed by atoms with Gasteiger partial charge in [0.25, 0.3) is 0 Å². The van der Waals surface area contributed by atoms with Crippen LogP contribution < -0.4 is 20.4 Å². The number of nitrogens with zero attached hydrogens (tertiary/aromatic N) is 6. The van der Waals surface area contributed by atoms with Crippen LogP contribution in [0.25, 0.3) is 11.0 Å². The number of aromatic nitrogens is 4. The molecule has 1 atom stereocenters. The number of anilines is 3. The number of piperazine rings is 1. The van der Waals surface area contributed by atoms with Gasteiger partial charge in [0.15, 0.2) is 5.65 Å². The molecule has 0 bridgehead atoms. The van der Waals surface area contributed by atoms with E-state index in [0.29, 0.717) is 23.9 Å². The van der Waals surface area contributed by atoms with Crippen LogP contribution in [0.2, 0.25) is 0 Å². The van der Waals surface area contributed by atoms with E-state index in [4.69, 9.17) is 0 Å². The lowest BCUT2D eigenvalue weighted by molar-refractivity contribution is 0.257. The fourth-order valence-corrected chi connectivity index (χ4v) is 4.39. The molecule has 2 aliphatic rings. The zero-order valence-corrected chi connectivity index (χ0v) is 17.5. The predicted molar refractivity (Wildman–Crippen MR) is 117 cm³/mol. The number of urea groups is 1. The molecule has 0 aliphatic carbocycles. The smallest absolute Gasteiger partial charge is 0.327 e. The first kappa shape index (κ1) is 18.8. The van der Waals surface area contributed by atoms with Crippen molar-refractivity contribution in [1.82, 2.24) is 25.1 Å². The lowest BCUT2D eigenvalue weighted by Gasteiger charge is -2.34. The maximum atomic E-state index is 13.1. The molecule has 0 aromatic carbocycles. The Bertz CT molecular complexity index is 1120. The Morgan fingerprint density at radius 1 is 1.33 bits per heavy atom. The summed E-state index contributed by atoms with van der Waals surface area (Å²) >= 11 is 0. The van der Waals surface area contributed by atoms with Gasteiger partial charge in [-0.05, 0) is 32.4 Å². The first-order valence-electron chi connectivity index (χ1n) is 10.4. The van der Waals surface area contributed by atoms with E-state index < -0.39 is 0 Å². The van der Waals surface area contributed by atoms with E-state index in [1.54, 1.807) is 15.8 Å². The van der Waals surface area contributed by atoms with Gasteiger partial charge in [-0.15, -0.1) is 0 Å². The summed E-state index contributed by atoms with van der Waals surface area (Å²) in [6, 6.07) is 4.26. The summed E-state index contributed by atoms with van der Waals surface area (Å²) in [5.41, 5.74) is 4.46. The molecule has 2 aliphatic heterocycles. The van der Waals surface area contributed by atoms with Crippen LogP contribution >= 0.6 is 0 Å². The zero-order valence-electron chi connectivity index (χ0n) is 17.5. The second kappa shape index (κ2) is 7.24. The Hall–Kier alpha value is -3.20. The molecule has 0 spiro atoms. The van der Waals surface area contributed by atoms with Crippen molar-refractivity contribution in [2.24, 2.45) is 7.05 Å². The Morgan fingerprint density at radius 3 is 3.03 bits per heavy atom. The van der Waals surface area contributed by atoms with E-state index in [1.807, 2.05) is 26.2 Å². The van der Waals surface area contributed by atoms with Gasteiger partial charge in [-0.2, -0.15) is 5.10 Å². The van der Waals surface area contributed by atoms with Crippen LogP contribution in [-0.4, -0.2) is 58.0 Å². The average Bonchev–Trinajstić information content (AvgIpc) is 3.30. The van der Waals surface area contributed by atoms with Crippen molar-refractivity contribution in [3.05, 3.63) is 35.8 Å². The lowest BCUT2D eigenvalue weighted by atomic mass is 10.1. The van der Waals surface area contributed by atoms with E-state index in [2.05, 4.69) is 43.6 Å². The number of fused-ring (bicyclic) bond motifs is 2. The molecule has 9 nitrogen and oxygen atoms in total. The first-order valence-corrected chi connectivity index (χ1v) is 10.4. The predicted octanol–water partition coefficient (Wildman–Crippen LogP) is 2.06. The summed E-state index contributed by atoms with van der Waals surface area (Å²) in [4.78, 5) is 26.3. The highest BCUT2D eigenvalue weighted by Crippen LogP contribution is 2.34. The minimum absolute atomic E-state index is 0.180. The molecule has 3 aromatic rings. The van der Waals surface area contributed by atoms with Crippen LogP contribution in [0, 0.1) is 6.92 Å². The molecular weight excluding hydrogens is 380 g/mol. The molecule has 0 radical (unpaired) electrons. The van der Waals surface area contributed by atoms with Gasteiger partial charge in [0.05, 0.1) is 11.4 Å². The molecule has 30 heavy (non-hydrogen) atoms. The number of pyridine rings is 2. The SMILES string of the molecule is Cc1nc2nn(C)cc2cc1NC(=O)N1CCc2c(N3CCN[C@H](C)C3)ccnc21. The maximum absolute atomic E-state index is 13.1. The summed E-state index contributed by atoms with van der Waals surface area (Å²) in [5, 5.41) is 11.7. The van der Waals surface area contributed by atoms with Crippen molar-refractivity contribution in [3.63, 3.8) is 0 Å². The largest absolute Gasteiger partial charge is 0.368 e. The average molecular weight is 406 g/mol. The molecule has 1 fully saturated rings. The minimum Gasteiger partial charge on any atom is -0.368 e. The molecule has 0 unspecified atom stereocenters. The van der Waals surface area contributed by atoms with Gasteiger partial charge in [-0.3, -0.25) is 9.58 Å². The van der Waals surface area contributed by atoms with Gasteiger partial charge in [-0.25, -0.2) is 14.8 Å². The standard InChI is InChI=1S/C21H26N8O/c1-13-11-28(9-7-22-13)18-4-6-23-20-16(18)5-8-29(20)21(30)25-17-10-15-12-27(3)26-19(15)24-14(17)2/h4,6,10,12-13,22H,5,7-9,11H2,1-3H3,(H,25,30)/t13-/m1/s1. The second-order valence-corrected chi connectivity index (χ2v) is 8.10. The summed E-state index contributed by atoms with van der Waals surface area (Å²) in [5.74, 6) is 0.754. The molecule has 1 saturated heterocycles. The quantitative estimate of drug-likeness (QED) is 0.677. The van der Waals surface area contributed by atoms with Crippen molar-refractivity contribution >= 4 is 34.3 Å². The number of hydrogen-bond donors (Lipinski definition) is 2. The van der Waals surface area contributed by atoms with E-state index >= 15 is 0 Å². The molecule has 3 aromatic heterocycles. The first-order chi connectivity index (χ1) is 14.5. The van der Waals surface area contributed by atoms with Crippen LogP contribution in [0.1, 0.15) is 18.2 Å². The molecule has 9 heteroatoms. The van der Waals surface area contributed by atoms with Crippen LogP contribution in [0.3, 0.4) is 0 Å². The third-order valence-electron chi connectivity index (χ3n) is 5.85. The van der Waals surface area contributed by atoms with Crippen LogP contribution in [0.5, 0.6) is 0 Å².